The maximum Gasteiger partial charge on any atom is 0.410 e. The van der Waals surface area contributed by atoms with Gasteiger partial charge in [0.25, 0.3) is 0 Å². The highest BCUT2D eigenvalue weighted by Crippen LogP contribution is 2.18. The van der Waals surface area contributed by atoms with E-state index in [1.165, 1.54) is 0 Å². The highest BCUT2D eigenvalue weighted by Gasteiger charge is 2.29. The van der Waals surface area contributed by atoms with Crippen molar-refractivity contribution < 1.29 is 14.3 Å². The van der Waals surface area contributed by atoms with Crippen molar-refractivity contribution in [3.63, 3.8) is 0 Å². The first-order valence-corrected chi connectivity index (χ1v) is 8.70. The Morgan fingerprint density at radius 1 is 1.23 bits per heavy atom. The monoisotopic (exact) mass is 354 g/mol. The first kappa shape index (κ1) is 17.8. The van der Waals surface area contributed by atoms with Gasteiger partial charge in [0.2, 0.25) is 5.91 Å². The van der Waals surface area contributed by atoms with Crippen molar-refractivity contribution in [2.45, 2.75) is 26.0 Å². The largest absolute Gasteiger partial charge is 0.445 e. The summed E-state index contributed by atoms with van der Waals surface area (Å²) in [6.45, 7) is 1.56. The minimum Gasteiger partial charge on any atom is -0.445 e. The van der Waals surface area contributed by atoms with Gasteiger partial charge in [0.1, 0.15) is 6.61 Å². The molecule has 1 aliphatic rings. The molecule has 2 aromatic rings. The number of carbonyl (C=O) groups is 2. The number of aromatic nitrogens is 2. The molecule has 0 bridgehead atoms. The number of likely N-dealkylation sites (tertiary alicyclic amines) is 1. The van der Waals surface area contributed by atoms with Crippen LogP contribution in [0.25, 0.3) is 0 Å². The van der Waals surface area contributed by atoms with Crippen LogP contribution in [-0.2, 0) is 22.7 Å². The molecule has 1 unspecified atom stereocenters. The molecule has 3 rings (SSSR count). The van der Waals surface area contributed by atoms with Crippen LogP contribution in [0.4, 0.5) is 4.79 Å². The molecule has 0 aliphatic carbocycles. The molecule has 2 amide bonds. The van der Waals surface area contributed by atoms with E-state index in [0.717, 1.165) is 18.4 Å². The van der Waals surface area contributed by atoms with Crippen LogP contribution in [0.15, 0.2) is 48.9 Å². The SMILES string of the molecule is O=C(NCc1cnccn1)C1CCCN(C(=O)OCc2ccccc2)C1. The molecule has 1 aromatic heterocycles. The Hall–Kier alpha value is -2.96. The number of rotatable bonds is 5. The number of amides is 2. The first-order chi connectivity index (χ1) is 12.7. The van der Waals surface area contributed by atoms with Gasteiger partial charge in [-0.25, -0.2) is 4.79 Å². The van der Waals surface area contributed by atoms with Gasteiger partial charge in [-0.15, -0.1) is 0 Å². The molecule has 2 heterocycles. The van der Waals surface area contributed by atoms with Crippen LogP contribution >= 0.6 is 0 Å². The van der Waals surface area contributed by atoms with E-state index >= 15 is 0 Å². The van der Waals surface area contributed by atoms with Crippen LogP contribution in [0.2, 0.25) is 0 Å². The number of nitrogens with zero attached hydrogens (tertiary/aromatic N) is 3. The molecule has 1 fully saturated rings. The Bertz CT molecular complexity index is 663. The minimum absolute atomic E-state index is 0.0730. The highest BCUT2D eigenvalue weighted by molar-refractivity contribution is 5.79. The molecule has 0 radical (unpaired) electrons. The lowest BCUT2D eigenvalue weighted by molar-refractivity contribution is -0.126. The van der Waals surface area contributed by atoms with Crippen LogP contribution in [0, 0.1) is 5.92 Å². The van der Waals surface area contributed by atoms with Gasteiger partial charge in [0, 0.05) is 25.5 Å². The quantitative estimate of drug-likeness (QED) is 0.889. The third kappa shape index (κ3) is 5.02. The van der Waals surface area contributed by atoms with E-state index in [-0.39, 0.29) is 24.5 Å². The third-order valence-corrected chi connectivity index (χ3v) is 4.32. The number of hydrogen-bond donors (Lipinski definition) is 1. The summed E-state index contributed by atoms with van der Waals surface area (Å²) in [6.07, 6.45) is 5.96. The van der Waals surface area contributed by atoms with Gasteiger partial charge in [-0.1, -0.05) is 30.3 Å². The van der Waals surface area contributed by atoms with Crippen molar-refractivity contribution in [2.75, 3.05) is 13.1 Å². The van der Waals surface area contributed by atoms with E-state index in [0.29, 0.717) is 25.3 Å². The fraction of sp³-hybridized carbons (Fsp3) is 0.368. The standard InChI is InChI=1S/C19H22N4O3/c24-18(22-12-17-11-20-8-9-21-17)16-7-4-10-23(13-16)19(25)26-14-15-5-2-1-3-6-15/h1-3,5-6,8-9,11,16H,4,7,10,12-14H2,(H,22,24). The topological polar surface area (TPSA) is 84.4 Å². The summed E-state index contributed by atoms with van der Waals surface area (Å²) >= 11 is 0. The van der Waals surface area contributed by atoms with E-state index < -0.39 is 0 Å². The van der Waals surface area contributed by atoms with Gasteiger partial charge in [0.15, 0.2) is 0 Å². The van der Waals surface area contributed by atoms with Crippen LogP contribution in [-0.4, -0.2) is 40.0 Å². The molecule has 1 N–H and O–H groups in total. The Labute approximate surface area is 152 Å². The summed E-state index contributed by atoms with van der Waals surface area (Å²) in [6, 6.07) is 9.54. The van der Waals surface area contributed by atoms with Gasteiger partial charge < -0.3 is 15.0 Å². The van der Waals surface area contributed by atoms with Crippen molar-refractivity contribution in [3.8, 4) is 0 Å². The molecule has 1 aliphatic heterocycles. The van der Waals surface area contributed by atoms with Gasteiger partial charge in [-0.3, -0.25) is 14.8 Å². The van der Waals surface area contributed by atoms with Crippen LogP contribution in [0.1, 0.15) is 24.1 Å². The zero-order valence-corrected chi connectivity index (χ0v) is 14.5. The normalized spacial score (nSPS) is 16.8. The molecule has 1 saturated heterocycles. The Morgan fingerprint density at radius 3 is 2.85 bits per heavy atom. The zero-order valence-electron chi connectivity index (χ0n) is 14.5. The summed E-state index contributed by atoms with van der Waals surface area (Å²) < 4.78 is 5.36. The molecule has 7 heteroatoms. The molecule has 26 heavy (non-hydrogen) atoms. The number of carbonyl (C=O) groups excluding carboxylic acids is 2. The van der Waals surface area contributed by atoms with E-state index in [4.69, 9.17) is 4.74 Å². The van der Waals surface area contributed by atoms with E-state index in [2.05, 4.69) is 15.3 Å². The molecule has 1 atom stereocenters. The summed E-state index contributed by atoms with van der Waals surface area (Å²) in [7, 11) is 0. The molecule has 0 spiro atoms. The van der Waals surface area contributed by atoms with Gasteiger partial charge in [0.05, 0.1) is 24.4 Å². The fourth-order valence-electron chi connectivity index (χ4n) is 2.91. The number of hydrogen-bond acceptors (Lipinski definition) is 5. The second kappa shape index (κ2) is 8.94. The average Bonchev–Trinajstić information content (AvgIpc) is 2.72. The van der Waals surface area contributed by atoms with Crippen LogP contribution in [0.3, 0.4) is 0 Å². The van der Waals surface area contributed by atoms with E-state index in [1.807, 2.05) is 30.3 Å². The lowest BCUT2D eigenvalue weighted by Crippen LogP contribution is -2.45. The molecular formula is C19H22N4O3. The number of benzene rings is 1. The van der Waals surface area contributed by atoms with Crippen molar-refractivity contribution >= 4 is 12.0 Å². The van der Waals surface area contributed by atoms with E-state index in [9.17, 15) is 9.59 Å². The van der Waals surface area contributed by atoms with Crippen LogP contribution < -0.4 is 5.32 Å². The molecule has 7 nitrogen and oxygen atoms in total. The lowest BCUT2D eigenvalue weighted by atomic mass is 9.97. The molecule has 136 valence electrons. The third-order valence-electron chi connectivity index (χ3n) is 4.32. The first-order valence-electron chi connectivity index (χ1n) is 8.70. The van der Waals surface area contributed by atoms with Crippen molar-refractivity contribution in [1.82, 2.24) is 20.2 Å². The van der Waals surface area contributed by atoms with E-state index in [1.54, 1.807) is 23.5 Å². The molecular weight excluding hydrogens is 332 g/mol. The Morgan fingerprint density at radius 2 is 2.08 bits per heavy atom. The van der Waals surface area contributed by atoms with Gasteiger partial charge >= 0.3 is 6.09 Å². The van der Waals surface area contributed by atoms with Crippen molar-refractivity contribution in [2.24, 2.45) is 5.92 Å². The summed E-state index contributed by atoms with van der Waals surface area (Å²) in [5, 5.41) is 2.87. The summed E-state index contributed by atoms with van der Waals surface area (Å²) in [5.41, 5.74) is 1.65. The van der Waals surface area contributed by atoms with Crippen molar-refractivity contribution in [1.29, 1.82) is 0 Å². The maximum atomic E-state index is 12.4. The average molecular weight is 354 g/mol. The number of piperidine rings is 1. The Balaban J connectivity index is 1.47. The second-order valence-electron chi connectivity index (χ2n) is 6.24. The number of nitrogens with one attached hydrogen (secondary N) is 1. The summed E-state index contributed by atoms with van der Waals surface area (Å²) in [5.74, 6) is -0.305. The maximum absolute atomic E-state index is 12.4. The predicted octanol–water partition coefficient (Wildman–Crippen LogP) is 2.14. The van der Waals surface area contributed by atoms with Crippen LogP contribution in [0.5, 0.6) is 0 Å². The highest BCUT2D eigenvalue weighted by atomic mass is 16.6. The molecule has 1 aromatic carbocycles. The van der Waals surface area contributed by atoms with Gasteiger partial charge in [-0.05, 0) is 18.4 Å². The summed E-state index contributed by atoms with van der Waals surface area (Å²) in [4.78, 5) is 34.4. The minimum atomic E-state index is -0.375. The zero-order chi connectivity index (χ0) is 18.2. The number of ether oxygens (including phenoxy) is 1. The smallest absolute Gasteiger partial charge is 0.410 e. The van der Waals surface area contributed by atoms with Crippen molar-refractivity contribution in [3.05, 3.63) is 60.2 Å². The second-order valence-corrected chi connectivity index (χ2v) is 6.24. The fourth-order valence-corrected chi connectivity index (χ4v) is 2.91. The predicted molar refractivity (Wildman–Crippen MR) is 94.8 cm³/mol. The van der Waals surface area contributed by atoms with Gasteiger partial charge in [-0.2, -0.15) is 0 Å². The molecule has 0 saturated carbocycles. The Kier molecular flexibility index (Phi) is 6.14. The lowest BCUT2D eigenvalue weighted by Gasteiger charge is -2.31.